The van der Waals surface area contributed by atoms with E-state index in [1.807, 2.05) is 24.3 Å². The highest BCUT2D eigenvalue weighted by Crippen LogP contribution is 2.35. The smallest absolute Gasteiger partial charge is 0.134 e. The number of halogens is 2. The van der Waals surface area contributed by atoms with Crippen LogP contribution in [0, 0.1) is 0 Å². The van der Waals surface area contributed by atoms with Crippen molar-refractivity contribution in [1.29, 1.82) is 0 Å². The van der Waals surface area contributed by atoms with Gasteiger partial charge in [0, 0.05) is 30.0 Å². The summed E-state index contributed by atoms with van der Waals surface area (Å²) in [6.45, 7) is 4.58. The summed E-state index contributed by atoms with van der Waals surface area (Å²) in [5.74, 6) is 1.04. The van der Waals surface area contributed by atoms with Gasteiger partial charge in [0.1, 0.15) is 11.3 Å². The lowest BCUT2D eigenvalue weighted by atomic mass is 10.0. The molecule has 0 unspecified atom stereocenters. The van der Waals surface area contributed by atoms with Crippen LogP contribution in [0.25, 0.3) is 22.1 Å². The van der Waals surface area contributed by atoms with Gasteiger partial charge >= 0.3 is 0 Å². The zero-order valence-electron chi connectivity index (χ0n) is 14.3. The minimum absolute atomic E-state index is 0.576. The quantitative estimate of drug-likeness (QED) is 0.523. The lowest BCUT2D eigenvalue weighted by molar-refractivity contribution is 0.266. The van der Waals surface area contributed by atoms with Gasteiger partial charge in [0.15, 0.2) is 0 Å². The molecule has 1 saturated heterocycles. The van der Waals surface area contributed by atoms with Crippen LogP contribution < -0.4 is 0 Å². The van der Waals surface area contributed by atoms with E-state index in [0.717, 1.165) is 40.8 Å². The van der Waals surface area contributed by atoms with Crippen molar-refractivity contribution in [2.45, 2.75) is 32.2 Å². The van der Waals surface area contributed by atoms with Gasteiger partial charge in [0.05, 0.1) is 10.0 Å². The lowest BCUT2D eigenvalue weighted by Gasteiger charge is -2.19. The molecular formula is C21H21Cl2NO. The molecule has 4 rings (SSSR count). The SMILES string of the molecule is C[C@@H]1CCCN1CCc1cc2cc(-c3cccc(Cl)c3Cl)ccc2o1. The van der Waals surface area contributed by atoms with Crippen LogP contribution in [0.5, 0.6) is 0 Å². The number of fused-ring (bicyclic) bond motifs is 1. The van der Waals surface area contributed by atoms with Gasteiger partial charge in [-0.1, -0.05) is 41.4 Å². The molecule has 2 aromatic carbocycles. The fourth-order valence-corrected chi connectivity index (χ4v) is 4.10. The second-order valence-electron chi connectivity index (χ2n) is 6.84. The van der Waals surface area contributed by atoms with Gasteiger partial charge in [0.2, 0.25) is 0 Å². The van der Waals surface area contributed by atoms with Crippen molar-refractivity contribution in [2.75, 3.05) is 13.1 Å². The number of furan rings is 1. The van der Waals surface area contributed by atoms with E-state index in [1.54, 1.807) is 6.07 Å². The molecule has 0 spiro atoms. The highest BCUT2D eigenvalue weighted by molar-refractivity contribution is 6.43. The first-order chi connectivity index (χ1) is 12.1. The molecule has 25 heavy (non-hydrogen) atoms. The third-order valence-electron chi connectivity index (χ3n) is 5.17. The Balaban J connectivity index is 1.58. The molecule has 4 heteroatoms. The Kier molecular flexibility index (Phi) is 4.77. The molecule has 1 atom stereocenters. The molecule has 0 aliphatic carbocycles. The number of likely N-dealkylation sites (tertiary alicyclic amines) is 1. The zero-order chi connectivity index (χ0) is 17.4. The summed E-state index contributed by atoms with van der Waals surface area (Å²) in [5.41, 5.74) is 2.93. The monoisotopic (exact) mass is 373 g/mol. The Morgan fingerprint density at radius 1 is 1.16 bits per heavy atom. The molecule has 2 heterocycles. The van der Waals surface area contributed by atoms with E-state index >= 15 is 0 Å². The predicted molar refractivity (Wildman–Crippen MR) is 106 cm³/mol. The molecule has 1 aliphatic rings. The summed E-state index contributed by atoms with van der Waals surface area (Å²) in [6.07, 6.45) is 3.57. The van der Waals surface area contributed by atoms with Crippen molar-refractivity contribution in [2.24, 2.45) is 0 Å². The topological polar surface area (TPSA) is 16.4 Å². The van der Waals surface area contributed by atoms with Gasteiger partial charge < -0.3 is 9.32 Å². The first-order valence-corrected chi connectivity index (χ1v) is 9.58. The Labute approximate surface area is 158 Å². The molecule has 3 aromatic rings. The highest BCUT2D eigenvalue weighted by atomic mass is 35.5. The highest BCUT2D eigenvalue weighted by Gasteiger charge is 2.20. The summed E-state index contributed by atoms with van der Waals surface area (Å²) in [5, 5.41) is 2.28. The van der Waals surface area contributed by atoms with Gasteiger partial charge in [-0.15, -0.1) is 0 Å². The maximum atomic E-state index is 6.36. The lowest BCUT2D eigenvalue weighted by Crippen LogP contribution is -2.28. The molecule has 0 amide bonds. The van der Waals surface area contributed by atoms with E-state index in [2.05, 4.69) is 24.0 Å². The van der Waals surface area contributed by atoms with Crippen molar-refractivity contribution in [3.05, 3.63) is 58.3 Å². The molecule has 1 fully saturated rings. The van der Waals surface area contributed by atoms with Crippen LogP contribution in [0.15, 0.2) is 46.9 Å². The molecule has 0 saturated carbocycles. The first-order valence-electron chi connectivity index (χ1n) is 8.83. The maximum absolute atomic E-state index is 6.36. The van der Waals surface area contributed by atoms with Gasteiger partial charge in [-0.2, -0.15) is 0 Å². The molecule has 0 radical (unpaired) electrons. The first kappa shape index (κ1) is 17.0. The number of rotatable bonds is 4. The summed E-state index contributed by atoms with van der Waals surface area (Å²) in [6, 6.07) is 14.7. The number of hydrogen-bond acceptors (Lipinski definition) is 2. The Morgan fingerprint density at radius 2 is 2.04 bits per heavy atom. The second-order valence-corrected chi connectivity index (χ2v) is 7.63. The van der Waals surface area contributed by atoms with Crippen molar-refractivity contribution in [1.82, 2.24) is 4.90 Å². The summed E-state index contributed by atoms with van der Waals surface area (Å²) >= 11 is 12.5. The van der Waals surface area contributed by atoms with Crippen LogP contribution in [0.2, 0.25) is 10.0 Å². The Bertz CT molecular complexity index is 902. The van der Waals surface area contributed by atoms with Gasteiger partial charge in [-0.05, 0) is 56.1 Å². The van der Waals surface area contributed by atoms with E-state index in [0.29, 0.717) is 16.1 Å². The van der Waals surface area contributed by atoms with E-state index in [1.165, 1.54) is 19.4 Å². The molecule has 130 valence electrons. The van der Waals surface area contributed by atoms with Crippen LogP contribution in [-0.4, -0.2) is 24.0 Å². The minimum Gasteiger partial charge on any atom is -0.461 e. The normalized spacial score (nSPS) is 18.3. The van der Waals surface area contributed by atoms with Crippen molar-refractivity contribution < 1.29 is 4.42 Å². The molecule has 1 aliphatic heterocycles. The third kappa shape index (κ3) is 3.44. The third-order valence-corrected chi connectivity index (χ3v) is 5.98. The van der Waals surface area contributed by atoms with Crippen LogP contribution in [0.3, 0.4) is 0 Å². The second kappa shape index (κ2) is 7.03. The number of hydrogen-bond donors (Lipinski definition) is 0. The molecule has 1 aromatic heterocycles. The molecule has 2 nitrogen and oxygen atoms in total. The fraction of sp³-hybridized carbons (Fsp3) is 0.333. The fourth-order valence-electron chi connectivity index (χ4n) is 3.69. The van der Waals surface area contributed by atoms with E-state index < -0.39 is 0 Å². The van der Waals surface area contributed by atoms with Gasteiger partial charge in [-0.3, -0.25) is 0 Å². The van der Waals surface area contributed by atoms with Crippen LogP contribution in [-0.2, 0) is 6.42 Å². The van der Waals surface area contributed by atoms with Gasteiger partial charge in [0.25, 0.3) is 0 Å². The molecular weight excluding hydrogens is 353 g/mol. The molecule has 0 bridgehead atoms. The average molecular weight is 374 g/mol. The van der Waals surface area contributed by atoms with E-state index in [4.69, 9.17) is 27.6 Å². The van der Waals surface area contributed by atoms with Crippen LogP contribution in [0.1, 0.15) is 25.5 Å². The van der Waals surface area contributed by atoms with Crippen molar-refractivity contribution >= 4 is 34.2 Å². The van der Waals surface area contributed by atoms with Crippen molar-refractivity contribution in [3.63, 3.8) is 0 Å². The largest absolute Gasteiger partial charge is 0.461 e. The standard InChI is InChI=1S/C21H21Cl2NO/c1-14-4-3-10-24(14)11-9-17-13-16-12-15(7-8-20(16)25-17)18-5-2-6-19(22)21(18)23/h2,5-8,12-14H,3-4,9-11H2,1H3/t14-/m1/s1. The summed E-state index contributed by atoms with van der Waals surface area (Å²) in [7, 11) is 0. The predicted octanol–water partition coefficient (Wildman–Crippen LogP) is 6.43. The van der Waals surface area contributed by atoms with Crippen molar-refractivity contribution in [3.8, 4) is 11.1 Å². The number of nitrogens with zero attached hydrogens (tertiary/aromatic N) is 1. The average Bonchev–Trinajstić information content (AvgIpc) is 3.20. The number of benzene rings is 2. The van der Waals surface area contributed by atoms with E-state index in [-0.39, 0.29) is 0 Å². The zero-order valence-corrected chi connectivity index (χ0v) is 15.8. The summed E-state index contributed by atoms with van der Waals surface area (Å²) < 4.78 is 6.02. The van der Waals surface area contributed by atoms with Crippen LogP contribution >= 0.6 is 23.2 Å². The minimum atomic E-state index is 0.576. The Hall–Kier alpha value is -1.48. The maximum Gasteiger partial charge on any atom is 0.134 e. The Morgan fingerprint density at radius 3 is 2.84 bits per heavy atom. The summed E-state index contributed by atoms with van der Waals surface area (Å²) in [4.78, 5) is 2.55. The van der Waals surface area contributed by atoms with Crippen LogP contribution in [0.4, 0.5) is 0 Å². The van der Waals surface area contributed by atoms with E-state index in [9.17, 15) is 0 Å². The van der Waals surface area contributed by atoms with Gasteiger partial charge in [-0.25, -0.2) is 0 Å². The molecule has 0 N–H and O–H groups in total.